The number of hydrogen-bond donors (Lipinski definition) is 1. The SMILES string of the molecule is CCNc1cc(C(=C2C=CC(=[N+](CC)CC)C=C2)c2ccc(N(CC)CC)cc2)cc2ccccc12. The molecular weight excluding hydrogens is 438 g/mol. The van der Waals surface area contributed by atoms with Gasteiger partial charge in [0.2, 0.25) is 0 Å². The van der Waals surface area contributed by atoms with Crippen molar-refractivity contribution in [1.82, 2.24) is 0 Å². The van der Waals surface area contributed by atoms with Gasteiger partial charge in [0.1, 0.15) is 13.1 Å². The number of rotatable bonds is 9. The Morgan fingerprint density at radius 2 is 1.42 bits per heavy atom. The van der Waals surface area contributed by atoms with Crippen LogP contribution in [-0.2, 0) is 0 Å². The van der Waals surface area contributed by atoms with Crippen molar-refractivity contribution >= 4 is 33.4 Å². The van der Waals surface area contributed by atoms with Gasteiger partial charge in [-0.15, -0.1) is 0 Å². The zero-order chi connectivity index (χ0) is 25.5. The highest BCUT2D eigenvalue weighted by Crippen LogP contribution is 2.35. The van der Waals surface area contributed by atoms with Gasteiger partial charge in [0.05, 0.1) is 0 Å². The van der Waals surface area contributed by atoms with Crippen LogP contribution in [-0.4, -0.2) is 43.0 Å². The lowest BCUT2D eigenvalue weighted by atomic mass is 9.89. The summed E-state index contributed by atoms with van der Waals surface area (Å²) in [5.41, 5.74) is 8.69. The van der Waals surface area contributed by atoms with E-state index in [0.717, 1.165) is 32.7 Å². The average molecular weight is 479 g/mol. The summed E-state index contributed by atoms with van der Waals surface area (Å²) in [4.78, 5) is 2.39. The van der Waals surface area contributed by atoms with Gasteiger partial charge in [-0.2, -0.15) is 0 Å². The van der Waals surface area contributed by atoms with Crippen molar-refractivity contribution in [3.05, 3.63) is 102 Å². The summed E-state index contributed by atoms with van der Waals surface area (Å²) in [5, 5.41) is 6.11. The van der Waals surface area contributed by atoms with Crippen LogP contribution in [0.4, 0.5) is 11.4 Å². The first-order valence-electron chi connectivity index (χ1n) is 13.5. The van der Waals surface area contributed by atoms with Crippen molar-refractivity contribution in [2.24, 2.45) is 0 Å². The molecule has 0 aliphatic heterocycles. The van der Waals surface area contributed by atoms with Crippen molar-refractivity contribution < 1.29 is 4.58 Å². The van der Waals surface area contributed by atoms with Crippen LogP contribution in [0.5, 0.6) is 0 Å². The second-order valence-corrected chi connectivity index (χ2v) is 9.09. The van der Waals surface area contributed by atoms with E-state index in [1.165, 1.54) is 50.1 Å². The fourth-order valence-corrected chi connectivity index (χ4v) is 5.15. The van der Waals surface area contributed by atoms with E-state index in [2.05, 4.69) is 134 Å². The van der Waals surface area contributed by atoms with E-state index in [4.69, 9.17) is 0 Å². The minimum atomic E-state index is 0.889. The fourth-order valence-electron chi connectivity index (χ4n) is 5.15. The third-order valence-corrected chi connectivity index (χ3v) is 7.09. The van der Waals surface area contributed by atoms with Gasteiger partial charge in [0, 0.05) is 48.5 Å². The molecular formula is C33H40N3+. The Hall–Kier alpha value is -3.59. The number of nitrogens with zero attached hydrogens (tertiary/aromatic N) is 2. The number of fused-ring (bicyclic) bond motifs is 1. The monoisotopic (exact) mass is 478 g/mol. The minimum Gasteiger partial charge on any atom is -0.385 e. The first-order chi connectivity index (χ1) is 17.6. The number of benzene rings is 3. The topological polar surface area (TPSA) is 18.3 Å². The van der Waals surface area contributed by atoms with Crippen LogP contribution >= 0.6 is 0 Å². The molecule has 3 nitrogen and oxygen atoms in total. The van der Waals surface area contributed by atoms with Crippen molar-refractivity contribution in [2.45, 2.75) is 34.6 Å². The fraction of sp³-hybridized carbons (Fsp3) is 0.303. The second kappa shape index (κ2) is 11.9. The number of anilines is 2. The quantitative estimate of drug-likeness (QED) is 0.320. The Kier molecular flexibility index (Phi) is 8.43. The van der Waals surface area contributed by atoms with E-state index in [-0.39, 0.29) is 0 Å². The summed E-state index contributed by atoms with van der Waals surface area (Å²) in [6.07, 6.45) is 9.09. The predicted octanol–water partition coefficient (Wildman–Crippen LogP) is 7.54. The first kappa shape index (κ1) is 25.5. The maximum atomic E-state index is 3.60. The number of allylic oxidation sites excluding steroid dienone is 5. The largest absolute Gasteiger partial charge is 0.385 e. The van der Waals surface area contributed by atoms with Gasteiger partial charge in [-0.3, -0.25) is 0 Å². The summed E-state index contributed by atoms with van der Waals surface area (Å²) in [7, 11) is 0. The molecule has 0 saturated heterocycles. The molecule has 4 rings (SSSR count). The van der Waals surface area contributed by atoms with Crippen molar-refractivity contribution in [3.63, 3.8) is 0 Å². The first-order valence-corrected chi connectivity index (χ1v) is 13.5. The normalized spacial score (nSPS) is 12.8. The molecule has 1 aliphatic rings. The number of nitrogens with one attached hydrogen (secondary N) is 1. The lowest BCUT2D eigenvalue weighted by Gasteiger charge is -2.22. The Labute approximate surface area is 217 Å². The summed E-state index contributed by atoms with van der Waals surface area (Å²) in [6, 6.07) is 22.4. The molecule has 3 heteroatoms. The van der Waals surface area contributed by atoms with Gasteiger partial charge in [0.25, 0.3) is 0 Å². The molecule has 3 aromatic carbocycles. The smallest absolute Gasteiger partial charge is 0.199 e. The van der Waals surface area contributed by atoms with Crippen molar-refractivity contribution in [1.29, 1.82) is 0 Å². The van der Waals surface area contributed by atoms with E-state index in [1.54, 1.807) is 0 Å². The maximum Gasteiger partial charge on any atom is 0.199 e. The van der Waals surface area contributed by atoms with Crippen LogP contribution < -0.4 is 10.2 Å². The molecule has 0 spiro atoms. The van der Waals surface area contributed by atoms with Gasteiger partial charge >= 0.3 is 0 Å². The Balaban J connectivity index is 1.91. The van der Waals surface area contributed by atoms with Crippen LogP contribution in [0.15, 0.2) is 90.5 Å². The van der Waals surface area contributed by atoms with Crippen LogP contribution in [0.2, 0.25) is 0 Å². The maximum absolute atomic E-state index is 3.60. The van der Waals surface area contributed by atoms with Crippen LogP contribution in [0.25, 0.3) is 16.3 Å². The van der Waals surface area contributed by atoms with E-state index in [0.29, 0.717) is 0 Å². The van der Waals surface area contributed by atoms with E-state index in [1.807, 2.05) is 0 Å². The second-order valence-electron chi connectivity index (χ2n) is 9.09. The molecule has 1 N–H and O–H groups in total. The highest BCUT2D eigenvalue weighted by molar-refractivity contribution is 6.05. The lowest BCUT2D eigenvalue weighted by Crippen LogP contribution is -2.21. The van der Waals surface area contributed by atoms with Crippen LogP contribution in [0.3, 0.4) is 0 Å². The third-order valence-electron chi connectivity index (χ3n) is 7.09. The van der Waals surface area contributed by atoms with Crippen molar-refractivity contribution in [2.75, 3.05) is 42.9 Å². The Morgan fingerprint density at radius 1 is 0.750 bits per heavy atom. The number of hydrogen-bond acceptors (Lipinski definition) is 2. The highest BCUT2D eigenvalue weighted by atomic mass is 15.1. The van der Waals surface area contributed by atoms with E-state index >= 15 is 0 Å². The van der Waals surface area contributed by atoms with Crippen molar-refractivity contribution in [3.8, 4) is 0 Å². The molecule has 0 saturated carbocycles. The van der Waals surface area contributed by atoms with Gasteiger partial charge in [-0.25, -0.2) is 4.58 Å². The highest BCUT2D eigenvalue weighted by Gasteiger charge is 2.16. The molecule has 0 aromatic heterocycles. The molecule has 1 aliphatic carbocycles. The molecule has 0 amide bonds. The van der Waals surface area contributed by atoms with Crippen LogP contribution in [0, 0.1) is 0 Å². The third kappa shape index (κ3) is 5.31. The molecule has 0 heterocycles. The molecule has 36 heavy (non-hydrogen) atoms. The van der Waals surface area contributed by atoms with Gasteiger partial charge < -0.3 is 10.2 Å². The predicted molar refractivity (Wildman–Crippen MR) is 159 cm³/mol. The van der Waals surface area contributed by atoms with Crippen LogP contribution in [0.1, 0.15) is 45.7 Å². The lowest BCUT2D eigenvalue weighted by molar-refractivity contribution is -0.519. The van der Waals surface area contributed by atoms with Gasteiger partial charge in [0.15, 0.2) is 5.71 Å². The summed E-state index contributed by atoms with van der Waals surface area (Å²) in [6.45, 7) is 15.9. The summed E-state index contributed by atoms with van der Waals surface area (Å²) in [5.74, 6) is 0. The molecule has 3 aromatic rings. The molecule has 0 bridgehead atoms. The molecule has 186 valence electrons. The summed E-state index contributed by atoms with van der Waals surface area (Å²) < 4.78 is 2.39. The van der Waals surface area contributed by atoms with Gasteiger partial charge in [-0.1, -0.05) is 36.4 Å². The standard InChI is InChI=1S/C33H40N3/c1-6-34-32-24-28(23-27-13-11-12-14-31(27)32)33(25-15-19-29(20-16-25)35(7-2)8-3)26-17-21-30(22-18-26)36(9-4)10-5/h11-24,34H,6-10H2,1-5H3/q+1. The van der Waals surface area contributed by atoms with E-state index < -0.39 is 0 Å². The van der Waals surface area contributed by atoms with E-state index in [9.17, 15) is 0 Å². The van der Waals surface area contributed by atoms with Gasteiger partial charge in [-0.05, 0) is 98.7 Å². The Morgan fingerprint density at radius 3 is 2.03 bits per heavy atom. The summed E-state index contributed by atoms with van der Waals surface area (Å²) >= 11 is 0. The zero-order valence-electron chi connectivity index (χ0n) is 22.5. The molecule has 0 atom stereocenters. The molecule has 0 radical (unpaired) electrons. The molecule has 0 unspecified atom stereocenters. The Bertz CT molecular complexity index is 1290. The molecule has 0 fully saturated rings. The zero-order valence-corrected chi connectivity index (χ0v) is 22.5. The minimum absolute atomic E-state index is 0.889. The average Bonchev–Trinajstić information content (AvgIpc) is 2.92.